The van der Waals surface area contributed by atoms with Crippen LogP contribution < -0.4 is 5.32 Å². The molecule has 0 aliphatic carbocycles. The van der Waals surface area contributed by atoms with Crippen molar-refractivity contribution in [2.24, 2.45) is 11.8 Å². The summed E-state index contributed by atoms with van der Waals surface area (Å²) in [5.41, 5.74) is 0. The number of unbranched alkanes of at least 4 members (excludes halogenated alkanes) is 3. The molecule has 0 aromatic carbocycles. The van der Waals surface area contributed by atoms with E-state index in [0.717, 1.165) is 0 Å². The summed E-state index contributed by atoms with van der Waals surface area (Å²) in [6.45, 7) is 12.6. The molecule has 0 saturated carbocycles. The molecule has 1 fully saturated rings. The van der Waals surface area contributed by atoms with Crippen molar-refractivity contribution in [2.45, 2.75) is 125 Å². The Bertz CT molecular complexity index is 854. The number of hydrogen-bond donors (Lipinski definition) is 1. The van der Waals surface area contributed by atoms with Crippen LogP contribution in [0.2, 0.25) is 13.3 Å². The zero-order valence-corrected chi connectivity index (χ0v) is 28.9. The Morgan fingerprint density at radius 2 is 1.56 bits per heavy atom. The molecule has 41 heavy (non-hydrogen) atoms. The second kappa shape index (κ2) is 18.9. The minimum absolute atomic E-state index is 0.130. The molecule has 1 saturated heterocycles. The van der Waals surface area contributed by atoms with E-state index in [9.17, 15) is 27.6 Å². The molecule has 1 rings (SSSR count). The molecular weight excluding hydrogens is 640 g/mol. The zero-order valence-electron chi connectivity index (χ0n) is 26.0. The van der Waals surface area contributed by atoms with E-state index >= 15 is 0 Å². The van der Waals surface area contributed by atoms with Gasteiger partial charge in [-0.15, -0.1) is 0 Å². The molecule has 1 aliphatic rings. The standard InChI is InChI=1S/C19H26F3N2O4.3C4H9.Sn/c1-5-10-23-15(25)9-8-13(4)16(12(2)3)28-17(26)14-7-6-11-24(14)18(27)19(20,21)22;3*1-3-4-2;/h1,5,8-9,12-14,16H,6-7,10-11H2,2-4H3,(H,23,25);3*1,3-4H2,2H3;/b5-1?,9-8+;;;;/t13-,14-,16-;;;;/m1..../s1. The molecule has 0 bridgehead atoms. The Morgan fingerprint density at radius 1 is 1.00 bits per heavy atom. The van der Waals surface area contributed by atoms with E-state index in [1.165, 1.54) is 57.9 Å². The first-order valence-electron chi connectivity index (χ1n) is 15.5. The van der Waals surface area contributed by atoms with Gasteiger partial charge in [0, 0.05) is 6.54 Å². The monoisotopic (exact) mass is 694 g/mol. The van der Waals surface area contributed by atoms with Crippen LogP contribution in [0.4, 0.5) is 13.2 Å². The number of carbonyl (C=O) groups is 3. The number of nitrogens with one attached hydrogen (secondary N) is 1. The number of rotatable bonds is 18. The molecule has 2 amide bonds. The van der Waals surface area contributed by atoms with Gasteiger partial charge < -0.3 is 4.90 Å². The van der Waals surface area contributed by atoms with Gasteiger partial charge in [0.2, 0.25) is 0 Å². The van der Waals surface area contributed by atoms with Crippen molar-refractivity contribution in [1.29, 1.82) is 0 Å². The number of amides is 2. The van der Waals surface area contributed by atoms with E-state index in [1.54, 1.807) is 13.0 Å². The van der Waals surface area contributed by atoms with Gasteiger partial charge in [-0.05, 0) is 12.8 Å². The third-order valence-electron chi connectivity index (χ3n) is 7.96. The van der Waals surface area contributed by atoms with Crippen molar-refractivity contribution in [1.82, 2.24) is 10.2 Å². The van der Waals surface area contributed by atoms with Crippen LogP contribution in [0, 0.1) is 11.8 Å². The molecule has 10 heteroatoms. The second-order valence-corrected chi connectivity index (χ2v) is 24.8. The van der Waals surface area contributed by atoms with E-state index in [-0.39, 0.29) is 30.7 Å². The van der Waals surface area contributed by atoms with Crippen LogP contribution in [-0.2, 0) is 19.1 Å². The molecule has 236 valence electrons. The first kappa shape index (κ1) is 37.5. The zero-order chi connectivity index (χ0) is 31.1. The van der Waals surface area contributed by atoms with Gasteiger partial charge >= 0.3 is 208 Å². The predicted octanol–water partition coefficient (Wildman–Crippen LogP) is 7.36. The first-order valence-corrected chi connectivity index (χ1v) is 23.2. The number of likely N-dealkylation sites (tertiary alicyclic amines) is 1. The fourth-order valence-electron chi connectivity index (χ4n) is 5.57. The van der Waals surface area contributed by atoms with Crippen molar-refractivity contribution in [2.75, 3.05) is 13.1 Å². The number of esters is 1. The SMILES string of the molecule is CCC[CH2][Sn](/[CH]=C/CNC(=O)/C=C/[C@@H](C)[C@H](OC(=O)[C@H]1CCCN1C(=O)C(F)(F)F)C(C)C)([CH2]CCC)[CH2]CCC. The summed E-state index contributed by atoms with van der Waals surface area (Å²) < 4.78 is 51.1. The summed E-state index contributed by atoms with van der Waals surface area (Å²) in [7, 11) is 0. The molecule has 0 spiro atoms. The molecular formula is C31H53F3N2O4Sn. The summed E-state index contributed by atoms with van der Waals surface area (Å²) in [6, 6.07) is -1.25. The summed E-state index contributed by atoms with van der Waals surface area (Å²) in [5, 5.41) is 2.93. The molecule has 1 aliphatic heterocycles. The Labute approximate surface area is 249 Å². The molecule has 0 aromatic rings. The molecule has 1 heterocycles. The summed E-state index contributed by atoms with van der Waals surface area (Å²) in [4.78, 5) is 37.7. The number of carbonyl (C=O) groups excluding carboxylic acids is 3. The number of ether oxygens (including phenoxy) is 1. The topological polar surface area (TPSA) is 75.7 Å². The van der Waals surface area contributed by atoms with Crippen LogP contribution in [0.3, 0.4) is 0 Å². The number of alkyl halides is 3. The minimum atomic E-state index is -5.04. The maximum atomic E-state index is 13.0. The van der Waals surface area contributed by atoms with E-state index in [2.05, 4.69) is 36.3 Å². The van der Waals surface area contributed by atoms with Crippen molar-refractivity contribution in [3.63, 3.8) is 0 Å². The average Bonchev–Trinajstić information content (AvgIpc) is 3.42. The molecule has 6 nitrogen and oxygen atoms in total. The average molecular weight is 693 g/mol. The third-order valence-corrected chi connectivity index (χ3v) is 22.2. The van der Waals surface area contributed by atoms with Gasteiger partial charge in [-0.25, -0.2) is 0 Å². The van der Waals surface area contributed by atoms with Gasteiger partial charge in [0.25, 0.3) is 0 Å². The van der Waals surface area contributed by atoms with Crippen molar-refractivity contribution in [3.8, 4) is 0 Å². The molecule has 1 N–H and O–H groups in total. The van der Waals surface area contributed by atoms with E-state index in [0.29, 0.717) is 17.9 Å². The molecule has 0 radical (unpaired) electrons. The van der Waals surface area contributed by atoms with Crippen LogP contribution in [0.15, 0.2) is 22.3 Å². The maximum absolute atomic E-state index is 13.0. The van der Waals surface area contributed by atoms with Crippen molar-refractivity contribution < 1.29 is 32.3 Å². The van der Waals surface area contributed by atoms with Crippen LogP contribution in [0.1, 0.15) is 92.9 Å². The van der Waals surface area contributed by atoms with Crippen LogP contribution in [-0.4, -0.2) is 72.5 Å². The van der Waals surface area contributed by atoms with E-state index < -0.39 is 48.6 Å². The summed E-state index contributed by atoms with van der Waals surface area (Å²) in [6.07, 6.45) is 7.46. The van der Waals surface area contributed by atoms with Gasteiger partial charge in [0.05, 0.1) is 0 Å². The van der Waals surface area contributed by atoms with Gasteiger partial charge in [-0.1, -0.05) is 0 Å². The van der Waals surface area contributed by atoms with Gasteiger partial charge in [0.15, 0.2) is 0 Å². The Hall–Kier alpha value is -1.52. The van der Waals surface area contributed by atoms with Crippen LogP contribution >= 0.6 is 0 Å². The third kappa shape index (κ3) is 13.1. The van der Waals surface area contributed by atoms with Crippen LogP contribution in [0.5, 0.6) is 0 Å². The predicted molar refractivity (Wildman–Crippen MR) is 161 cm³/mol. The van der Waals surface area contributed by atoms with Crippen LogP contribution in [0.25, 0.3) is 0 Å². The first-order chi connectivity index (χ1) is 19.3. The van der Waals surface area contributed by atoms with E-state index in [4.69, 9.17) is 4.74 Å². The fourth-order valence-corrected chi connectivity index (χ4v) is 20.0. The quantitative estimate of drug-likeness (QED) is 0.0926. The van der Waals surface area contributed by atoms with Crippen molar-refractivity contribution >= 4 is 36.2 Å². The number of hydrogen-bond acceptors (Lipinski definition) is 4. The van der Waals surface area contributed by atoms with E-state index in [1.807, 2.05) is 13.8 Å². The van der Waals surface area contributed by atoms with Gasteiger partial charge in [0.1, 0.15) is 0 Å². The summed E-state index contributed by atoms with van der Waals surface area (Å²) >= 11 is -2.40. The Balaban J connectivity index is 2.78. The molecule has 3 atom stereocenters. The number of nitrogens with zero attached hydrogens (tertiary/aromatic N) is 1. The van der Waals surface area contributed by atoms with Gasteiger partial charge in [-0.2, -0.15) is 13.2 Å². The van der Waals surface area contributed by atoms with Crippen molar-refractivity contribution in [3.05, 3.63) is 22.3 Å². The van der Waals surface area contributed by atoms with Gasteiger partial charge in [-0.3, -0.25) is 4.79 Å². The normalized spacial score (nSPS) is 17.9. The molecule has 0 unspecified atom stereocenters. The fraction of sp³-hybridized carbons (Fsp3) is 0.774. The Kier molecular flexibility index (Phi) is 17.3. The Morgan fingerprint density at radius 3 is 2.05 bits per heavy atom. The molecule has 0 aromatic heterocycles. The number of halogens is 3. The second-order valence-electron chi connectivity index (χ2n) is 11.8. The summed E-state index contributed by atoms with van der Waals surface area (Å²) in [5.74, 6) is -3.59.